The lowest BCUT2D eigenvalue weighted by molar-refractivity contribution is 0.576. The van der Waals surface area contributed by atoms with Crippen LogP contribution in [0.15, 0.2) is 41.6 Å². The zero-order valence-electron chi connectivity index (χ0n) is 6.19. The van der Waals surface area contributed by atoms with Crippen molar-refractivity contribution in [1.29, 1.82) is 0 Å². The van der Waals surface area contributed by atoms with Gasteiger partial charge in [-0.15, -0.1) is 4.91 Å². The van der Waals surface area contributed by atoms with Crippen LogP contribution in [0.1, 0.15) is 0 Å². The lowest BCUT2D eigenvalue weighted by Crippen LogP contribution is -2.12. The second-order valence-electron chi connectivity index (χ2n) is 2.10. The predicted octanol–water partition coefficient (Wildman–Crippen LogP) is 1.11. The summed E-state index contributed by atoms with van der Waals surface area (Å²) in [5.74, 6) is 0. The summed E-state index contributed by atoms with van der Waals surface area (Å²) in [6, 6.07) is 0. The Morgan fingerprint density at radius 2 is 2.45 bits per heavy atom. The Morgan fingerprint density at radius 1 is 1.64 bits per heavy atom. The van der Waals surface area contributed by atoms with Crippen molar-refractivity contribution in [3.8, 4) is 0 Å². The van der Waals surface area contributed by atoms with Crippen molar-refractivity contribution in [1.82, 2.24) is 10.3 Å². The first-order valence-electron chi connectivity index (χ1n) is 3.20. The maximum atomic E-state index is 9.69. The first-order valence-corrected chi connectivity index (χ1v) is 3.20. The van der Waals surface area contributed by atoms with Crippen LogP contribution in [0.25, 0.3) is 0 Å². The molecule has 0 radical (unpaired) electrons. The topological polar surface area (TPSA) is 44.7 Å². The Labute approximate surface area is 64.8 Å². The summed E-state index contributed by atoms with van der Waals surface area (Å²) >= 11 is 0. The van der Waals surface area contributed by atoms with E-state index in [9.17, 15) is 4.91 Å². The van der Waals surface area contributed by atoms with Crippen LogP contribution in [0.4, 0.5) is 0 Å². The highest BCUT2D eigenvalue weighted by atomic mass is 16.3. The van der Waals surface area contributed by atoms with Gasteiger partial charge in [0.05, 0.1) is 11.0 Å². The van der Waals surface area contributed by atoms with Crippen molar-refractivity contribution in [3.63, 3.8) is 0 Å². The highest BCUT2D eigenvalue weighted by Crippen LogP contribution is 2.07. The van der Waals surface area contributed by atoms with Gasteiger partial charge in [0.2, 0.25) is 0 Å². The van der Waals surface area contributed by atoms with Crippen molar-refractivity contribution in [2.45, 2.75) is 0 Å². The van der Waals surface area contributed by atoms with E-state index in [0.717, 1.165) is 5.70 Å². The van der Waals surface area contributed by atoms with Crippen molar-refractivity contribution in [2.24, 2.45) is 5.29 Å². The second-order valence-corrected chi connectivity index (χ2v) is 2.10. The van der Waals surface area contributed by atoms with E-state index in [-0.39, 0.29) is 0 Å². The van der Waals surface area contributed by atoms with Crippen LogP contribution in [-0.2, 0) is 0 Å². The minimum absolute atomic E-state index is 0.895. The van der Waals surface area contributed by atoms with Crippen LogP contribution in [0, 0.1) is 4.91 Å². The van der Waals surface area contributed by atoms with Gasteiger partial charge in [-0.1, -0.05) is 6.08 Å². The maximum absolute atomic E-state index is 9.69. The molecule has 0 unspecified atom stereocenters. The number of likely N-dealkylation sites (N-methyl/N-ethyl adjacent to an activating group) is 1. The summed E-state index contributed by atoms with van der Waals surface area (Å²) in [7, 11) is 1.89. The third-order valence-electron chi connectivity index (χ3n) is 1.36. The maximum Gasteiger partial charge on any atom is 0.0584 e. The average Bonchev–Trinajstić information content (AvgIpc) is 2.03. The highest BCUT2D eigenvalue weighted by Gasteiger charge is 1.98. The molecule has 58 valence electrons. The SMILES string of the molecule is CN1C=CC=C/C1=C\NN=O. The monoisotopic (exact) mass is 151 g/mol. The molecular weight excluding hydrogens is 142 g/mol. The van der Waals surface area contributed by atoms with Gasteiger partial charge in [-0.2, -0.15) is 0 Å². The van der Waals surface area contributed by atoms with E-state index in [1.165, 1.54) is 6.20 Å². The molecule has 0 aliphatic carbocycles. The molecule has 1 heterocycles. The van der Waals surface area contributed by atoms with Crippen LogP contribution in [0.5, 0.6) is 0 Å². The Balaban J connectivity index is 2.64. The van der Waals surface area contributed by atoms with Gasteiger partial charge in [0.15, 0.2) is 0 Å². The van der Waals surface area contributed by atoms with Gasteiger partial charge in [0, 0.05) is 19.4 Å². The Hall–Kier alpha value is -1.58. The molecule has 1 aliphatic rings. The van der Waals surface area contributed by atoms with E-state index in [2.05, 4.69) is 10.7 Å². The molecule has 4 nitrogen and oxygen atoms in total. The van der Waals surface area contributed by atoms with Crippen LogP contribution < -0.4 is 5.43 Å². The van der Waals surface area contributed by atoms with Gasteiger partial charge in [0.25, 0.3) is 0 Å². The molecule has 0 atom stereocenters. The van der Waals surface area contributed by atoms with Gasteiger partial charge >= 0.3 is 0 Å². The van der Waals surface area contributed by atoms with E-state index in [4.69, 9.17) is 0 Å². The molecule has 1 rings (SSSR count). The fraction of sp³-hybridized carbons (Fsp3) is 0.143. The van der Waals surface area contributed by atoms with E-state index in [1.807, 2.05) is 36.4 Å². The Morgan fingerprint density at radius 3 is 3.09 bits per heavy atom. The van der Waals surface area contributed by atoms with Crippen molar-refractivity contribution >= 4 is 0 Å². The summed E-state index contributed by atoms with van der Waals surface area (Å²) in [5, 5.41) is 2.50. The molecular formula is C7H9N3O. The summed E-state index contributed by atoms with van der Waals surface area (Å²) in [4.78, 5) is 11.6. The molecule has 4 heteroatoms. The molecule has 0 fully saturated rings. The Kier molecular flexibility index (Phi) is 2.43. The van der Waals surface area contributed by atoms with Crippen molar-refractivity contribution in [3.05, 3.63) is 41.2 Å². The van der Waals surface area contributed by atoms with Crippen LogP contribution in [0.3, 0.4) is 0 Å². The number of hydrogen-bond acceptors (Lipinski definition) is 3. The van der Waals surface area contributed by atoms with Gasteiger partial charge in [-0.25, -0.2) is 5.43 Å². The Bertz CT molecular complexity index is 230. The number of nitrogens with one attached hydrogen (secondary N) is 1. The van der Waals surface area contributed by atoms with Crippen LogP contribution in [-0.4, -0.2) is 11.9 Å². The molecule has 0 aromatic rings. The summed E-state index contributed by atoms with van der Waals surface area (Å²) in [6.07, 6.45) is 9.09. The van der Waals surface area contributed by atoms with Crippen molar-refractivity contribution < 1.29 is 0 Å². The zero-order chi connectivity index (χ0) is 8.10. The van der Waals surface area contributed by atoms with E-state index < -0.39 is 0 Å². The predicted molar refractivity (Wildman–Crippen MR) is 43.1 cm³/mol. The van der Waals surface area contributed by atoms with Gasteiger partial charge < -0.3 is 4.90 Å². The molecule has 1 N–H and O–H groups in total. The third kappa shape index (κ3) is 1.93. The molecule has 11 heavy (non-hydrogen) atoms. The minimum atomic E-state index is 0.895. The number of nitroso groups, excluding NO2 is 1. The average molecular weight is 151 g/mol. The number of allylic oxidation sites excluding steroid dienone is 3. The molecule has 0 bridgehead atoms. The summed E-state index contributed by atoms with van der Waals surface area (Å²) in [5.41, 5.74) is 3.12. The van der Waals surface area contributed by atoms with Gasteiger partial charge in [-0.05, 0) is 12.2 Å². The highest BCUT2D eigenvalue weighted by molar-refractivity contribution is 5.26. The zero-order valence-corrected chi connectivity index (χ0v) is 6.19. The van der Waals surface area contributed by atoms with Crippen LogP contribution >= 0.6 is 0 Å². The molecule has 1 aliphatic heterocycles. The first-order chi connectivity index (χ1) is 5.34. The molecule has 0 spiro atoms. The number of nitrogens with zero attached hydrogens (tertiary/aromatic N) is 2. The van der Waals surface area contributed by atoms with Gasteiger partial charge in [0.1, 0.15) is 0 Å². The van der Waals surface area contributed by atoms with E-state index in [0.29, 0.717) is 0 Å². The largest absolute Gasteiger partial charge is 0.350 e. The number of hydrogen-bond donors (Lipinski definition) is 1. The fourth-order valence-electron chi connectivity index (χ4n) is 0.779. The lowest BCUT2D eigenvalue weighted by atomic mass is 10.3. The fourth-order valence-corrected chi connectivity index (χ4v) is 0.779. The van der Waals surface area contributed by atoms with Crippen LogP contribution in [0.2, 0.25) is 0 Å². The first kappa shape index (κ1) is 7.53. The summed E-state index contributed by atoms with van der Waals surface area (Å²) in [6.45, 7) is 0. The van der Waals surface area contributed by atoms with E-state index >= 15 is 0 Å². The van der Waals surface area contributed by atoms with Crippen molar-refractivity contribution in [2.75, 3.05) is 7.05 Å². The number of rotatable bonds is 2. The second kappa shape index (κ2) is 3.55. The third-order valence-corrected chi connectivity index (χ3v) is 1.36. The summed E-state index contributed by atoms with van der Waals surface area (Å²) < 4.78 is 0. The molecule has 0 aromatic heterocycles. The normalized spacial score (nSPS) is 19.0. The van der Waals surface area contributed by atoms with Gasteiger partial charge in [-0.3, -0.25) is 0 Å². The molecule has 0 saturated heterocycles. The molecule has 0 aromatic carbocycles. The molecule has 0 saturated carbocycles. The molecule has 0 amide bonds. The lowest BCUT2D eigenvalue weighted by Gasteiger charge is -2.16. The smallest absolute Gasteiger partial charge is 0.0584 e. The standard InChI is InChI=1S/C7H9N3O/c1-10-5-3-2-4-7(10)6-8-9-11/h2-6H,1H3,(H,8,11)/b7-6+. The van der Waals surface area contributed by atoms with E-state index in [1.54, 1.807) is 0 Å². The minimum Gasteiger partial charge on any atom is -0.350 e. The quantitative estimate of drug-likeness (QED) is 0.475.